The minimum absolute atomic E-state index is 0.0896. The third-order valence-electron chi connectivity index (χ3n) is 2.37. The number of hydrogen-bond acceptors (Lipinski definition) is 2. The quantitative estimate of drug-likeness (QED) is 0.863. The molecule has 3 N–H and O–H groups in total. The molecule has 1 rings (SSSR count). The summed E-state index contributed by atoms with van der Waals surface area (Å²) in [5, 5.41) is 10.9. The molecular weight excluding hydrogens is 233 g/mol. The van der Waals surface area contributed by atoms with E-state index >= 15 is 0 Å². The molecule has 15 heavy (non-hydrogen) atoms. The Morgan fingerprint density at radius 2 is 1.87 bits per heavy atom. The van der Waals surface area contributed by atoms with Gasteiger partial charge in [0.2, 0.25) is 0 Å². The number of aliphatic hydroxyl groups is 1. The molecule has 0 spiro atoms. The number of halogens is 2. The molecule has 2 nitrogen and oxygen atoms in total. The Hall–Kier alpha value is -0.280. The molecule has 0 unspecified atom stereocenters. The van der Waals surface area contributed by atoms with Gasteiger partial charge in [0.25, 0.3) is 0 Å². The van der Waals surface area contributed by atoms with Crippen LogP contribution in [0.4, 0.5) is 0 Å². The highest BCUT2D eigenvalue weighted by Gasteiger charge is 2.21. The first-order valence-corrected chi connectivity index (χ1v) is 5.57. The van der Waals surface area contributed by atoms with Crippen molar-refractivity contribution in [3.05, 3.63) is 33.8 Å². The van der Waals surface area contributed by atoms with Gasteiger partial charge in [-0.3, -0.25) is 0 Å². The van der Waals surface area contributed by atoms with Gasteiger partial charge in [0.1, 0.15) is 0 Å². The predicted octanol–water partition coefficient (Wildman–Crippen LogP) is 3.01. The molecule has 0 aliphatic rings. The summed E-state index contributed by atoms with van der Waals surface area (Å²) < 4.78 is 0. The van der Waals surface area contributed by atoms with Crippen molar-refractivity contribution in [1.82, 2.24) is 0 Å². The first kappa shape index (κ1) is 12.8. The van der Waals surface area contributed by atoms with Gasteiger partial charge in [-0.1, -0.05) is 43.1 Å². The molecule has 1 aromatic carbocycles. The van der Waals surface area contributed by atoms with Crippen LogP contribution < -0.4 is 5.73 Å². The molecule has 0 aliphatic carbocycles. The maximum absolute atomic E-state index is 9.83. The van der Waals surface area contributed by atoms with E-state index in [1.807, 2.05) is 13.8 Å². The van der Waals surface area contributed by atoms with E-state index in [2.05, 4.69) is 0 Å². The minimum atomic E-state index is -0.608. The van der Waals surface area contributed by atoms with Crippen LogP contribution in [0.2, 0.25) is 10.0 Å². The molecule has 0 saturated heterocycles. The molecule has 0 aromatic heterocycles. The van der Waals surface area contributed by atoms with Crippen molar-refractivity contribution in [2.45, 2.75) is 26.0 Å². The lowest BCUT2D eigenvalue weighted by molar-refractivity contribution is 0.0980. The Labute approximate surface area is 100.0 Å². The third kappa shape index (κ3) is 3.08. The SMILES string of the molecule is CC(C)[C@H](O)[C@H](N)c1ccc(Cl)cc1Cl. The van der Waals surface area contributed by atoms with Gasteiger partial charge in [0.05, 0.1) is 12.1 Å². The first-order chi connectivity index (χ1) is 6.93. The number of benzene rings is 1. The van der Waals surface area contributed by atoms with Gasteiger partial charge in [-0.25, -0.2) is 0 Å². The summed E-state index contributed by atoms with van der Waals surface area (Å²) in [6, 6.07) is 4.62. The Bertz CT molecular complexity index is 341. The number of aliphatic hydroxyl groups excluding tert-OH is 1. The van der Waals surface area contributed by atoms with Crippen molar-refractivity contribution in [2.75, 3.05) is 0 Å². The first-order valence-electron chi connectivity index (χ1n) is 4.82. The van der Waals surface area contributed by atoms with Gasteiger partial charge >= 0.3 is 0 Å². The molecule has 84 valence electrons. The second-order valence-electron chi connectivity index (χ2n) is 3.93. The van der Waals surface area contributed by atoms with E-state index < -0.39 is 12.1 Å². The van der Waals surface area contributed by atoms with Crippen LogP contribution in [0.5, 0.6) is 0 Å². The van der Waals surface area contributed by atoms with Crippen molar-refractivity contribution >= 4 is 23.2 Å². The second-order valence-corrected chi connectivity index (χ2v) is 4.77. The molecule has 0 amide bonds. The van der Waals surface area contributed by atoms with Crippen LogP contribution in [0.15, 0.2) is 18.2 Å². The summed E-state index contributed by atoms with van der Waals surface area (Å²) in [5.74, 6) is 0.0896. The average molecular weight is 248 g/mol. The second kappa shape index (κ2) is 5.17. The topological polar surface area (TPSA) is 46.2 Å². The molecule has 0 fully saturated rings. The molecule has 4 heteroatoms. The van der Waals surface area contributed by atoms with E-state index in [0.29, 0.717) is 10.0 Å². The molecular formula is C11H15Cl2NO. The lowest BCUT2D eigenvalue weighted by Crippen LogP contribution is -2.30. The summed E-state index contributed by atoms with van der Waals surface area (Å²) >= 11 is 11.8. The molecule has 0 aliphatic heterocycles. The third-order valence-corrected chi connectivity index (χ3v) is 2.94. The summed E-state index contributed by atoms with van der Waals surface area (Å²) in [7, 11) is 0. The summed E-state index contributed by atoms with van der Waals surface area (Å²) in [6.07, 6.45) is -0.608. The fraction of sp³-hybridized carbons (Fsp3) is 0.455. The number of nitrogens with two attached hydrogens (primary N) is 1. The van der Waals surface area contributed by atoms with Gasteiger partial charge in [-0.2, -0.15) is 0 Å². The van der Waals surface area contributed by atoms with Crippen LogP contribution in [0.1, 0.15) is 25.5 Å². The fourth-order valence-corrected chi connectivity index (χ4v) is 1.90. The van der Waals surface area contributed by atoms with Gasteiger partial charge in [-0.05, 0) is 23.6 Å². The monoisotopic (exact) mass is 247 g/mol. The molecule has 0 saturated carbocycles. The van der Waals surface area contributed by atoms with Crippen molar-refractivity contribution in [3.8, 4) is 0 Å². The standard InChI is InChI=1S/C11H15Cl2NO/c1-6(2)11(15)10(14)8-4-3-7(12)5-9(8)13/h3-6,10-11,15H,14H2,1-2H3/t10-,11+/m1/s1. The van der Waals surface area contributed by atoms with Crippen LogP contribution >= 0.6 is 23.2 Å². The van der Waals surface area contributed by atoms with E-state index in [0.717, 1.165) is 5.56 Å². The largest absolute Gasteiger partial charge is 0.391 e. The van der Waals surface area contributed by atoms with Crippen LogP contribution in [0.25, 0.3) is 0 Å². The number of rotatable bonds is 3. The predicted molar refractivity (Wildman–Crippen MR) is 64.2 cm³/mol. The van der Waals surface area contributed by atoms with E-state index in [-0.39, 0.29) is 5.92 Å². The van der Waals surface area contributed by atoms with Crippen LogP contribution in [0.3, 0.4) is 0 Å². The minimum Gasteiger partial charge on any atom is -0.391 e. The van der Waals surface area contributed by atoms with Crippen LogP contribution in [-0.4, -0.2) is 11.2 Å². The van der Waals surface area contributed by atoms with Crippen molar-refractivity contribution in [2.24, 2.45) is 11.7 Å². The molecule has 0 bridgehead atoms. The van der Waals surface area contributed by atoms with Gasteiger partial charge < -0.3 is 10.8 Å². The average Bonchev–Trinajstić information content (AvgIpc) is 2.15. The smallest absolute Gasteiger partial charge is 0.0756 e. The summed E-state index contributed by atoms with van der Waals surface area (Å²) in [5.41, 5.74) is 6.64. The lowest BCUT2D eigenvalue weighted by atomic mass is 9.94. The van der Waals surface area contributed by atoms with Gasteiger partial charge in [0, 0.05) is 10.0 Å². The Kier molecular flexibility index (Phi) is 4.41. The normalized spacial score (nSPS) is 15.4. The lowest BCUT2D eigenvalue weighted by Gasteiger charge is -2.23. The zero-order valence-corrected chi connectivity index (χ0v) is 10.3. The van der Waals surface area contributed by atoms with Crippen LogP contribution in [-0.2, 0) is 0 Å². The van der Waals surface area contributed by atoms with E-state index in [1.165, 1.54) is 0 Å². The zero-order chi connectivity index (χ0) is 11.6. The van der Waals surface area contributed by atoms with Gasteiger partial charge in [0.15, 0.2) is 0 Å². The Balaban J connectivity index is 2.96. The maximum atomic E-state index is 9.83. The van der Waals surface area contributed by atoms with Crippen LogP contribution in [0, 0.1) is 5.92 Å². The molecule has 1 aromatic rings. The van der Waals surface area contributed by atoms with Gasteiger partial charge in [-0.15, -0.1) is 0 Å². The Morgan fingerprint density at radius 1 is 1.27 bits per heavy atom. The van der Waals surface area contributed by atoms with E-state index in [4.69, 9.17) is 28.9 Å². The summed E-state index contributed by atoms with van der Waals surface area (Å²) in [4.78, 5) is 0. The van der Waals surface area contributed by atoms with Crippen molar-refractivity contribution in [1.29, 1.82) is 0 Å². The van der Waals surface area contributed by atoms with Crippen molar-refractivity contribution < 1.29 is 5.11 Å². The highest BCUT2D eigenvalue weighted by atomic mass is 35.5. The highest BCUT2D eigenvalue weighted by Crippen LogP contribution is 2.28. The zero-order valence-electron chi connectivity index (χ0n) is 8.74. The van der Waals surface area contributed by atoms with E-state index in [9.17, 15) is 5.11 Å². The molecule has 0 radical (unpaired) electrons. The number of hydrogen-bond donors (Lipinski definition) is 2. The molecule has 2 atom stereocenters. The van der Waals surface area contributed by atoms with E-state index in [1.54, 1.807) is 18.2 Å². The maximum Gasteiger partial charge on any atom is 0.0756 e. The highest BCUT2D eigenvalue weighted by molar-refractivity contribution is 6.35. The fourth-order valence-electron chi connectivity index (χ4n) is 1.37. The Morgan fingerprint density at radius 3 is 2.33 bits per heavy atom. The summed E-state index contributed by atoms with van der Waals surface area (Å²) in [6.45, 7) is 3.82. The molecule has 0 heterocycles. The van der Waals surface area contributed by atoms with Crippen molar-refractivity contribution in [3.63, 3.8) is 0 Å².